The van der Waals surface area contributed by atoms with Crippen molar-refractivity contribution in [1.29, 1.82) is 5.26 Å². The van der Waals surface area contributed by atoms with Gasteiger partial charge >= 0.3 is 0 Å². The van der Waals surface area contributed by atoms with E-state index in [4.69, 9.17) is 21.0 Å². The highest BCUT2D eigenvalue weighted by Crippen LogP contribution is 2.41. The molecule has 0 atom stereocenters. The smallest absolute Gasteiger partial charge is 0.179 e. The van der Waals surface area contributed by atoms with Crippen molar-refractivity contribution in [1.82, 2.24) is 29.3 Å². The second-order valence-electron chi connectivity index (χ2n) is 11.0. The van der Waals surface area contributed by atoms with Crippen LogP contribution in [-0.2, 0) is 6.54 Å². The first-order chi connectivity index (χ1) is 19.6. The van der Waals surface area contributed by atoms with E-state index in [-0.39, 0.29) is 0 Å². The van der Waals surface area contributed by atoms with Crippen molar-refractivity contribution in [2.24, 2.45) is 5.41 Å². The molecule has 0 bridgehead atoms. The largest absolute Gasteiger partial charge is 0.383 e. The number of piperidine rings is 1. The Morgan fingerprint density at radius 1 is 0.875 bits per heavy atom. The monoisotopic (exact) mass is 526 g/mol. The van der Waals surface area contributed by atoms with E-state index in [9.17, 15) is 0 Å². The number of anilines is 1. The van der Waals surface area contributed by atoms with E-state index in [1.165, 1.54) is 5.56 Å². The zero-order valence-electron chi connectivity index (χ0n) is 22.2. The number of fused-ring (bicyclic) bond motifs is 1. The maximum atomic E-state index is 9.16. The summed E-state index contributed by atoms with van der Waals surface area (Å²) in [5.74, 6) is 1.16. The molecular formula is C32H30N8. The SMILES string of the molecule is N#CN1CCC2(CC1)CN(Cc1ccc(-n3c(-c4cccnc4N)nc4ccc(-c5ccccc5)nc43)cc1)C2. The molecule has 2 aliphatic rings. The Morgan fingerprint density at radius 3 is 2.38 bits per heavy atom. The van der Waals surface area contributed by atoms with Crippen molar-refractivity contribution >= 4 is 17.0 Å². The number of hydrogen-bond acceptors (Lipinski definition) is 7. The van der Waals surface area contributed by atoms with E-state index in [0.29, 0.717) is 11.2 Å². The number of rotatable bonds is 5. The summed E-state index contributed by atoms with van der Waals surface area (Å²) < 4.78 is 2.08. The van der Waals surface area contributed by atoms with Gasteiger partial charge in [-0.2, -0.15) is 5.26 Å². The average Bonchev–Trinajstić information content (AvgIpc) is 3.36. The minimum absolute atomic E-state index is 0.393. The molecule has 40 heavy (non-hydrogen) atoms. The van der Waals surface area contributed by atoms with Gasteiger partial charge in [-0.1, -0.05) is 42.5 Å². The molecule has 3 aromatic heterocycles. The van der Waals surface area contributed by atoms with Gasteiger partial charge < -0.3 is 10.6 Å². The number of aromatic nitrogens is 4. The summed E-state index contributed by atoms with van der Waals surface area (Å²) in [6.45, 7) is 4.92. The van der Waals surface area contributed by atoms with Gasteiger partial charge in [-0.25, -0.2) is 15.0 Å². The lowest BCUT2D eigenvalue weighted by Crippen LogP contribution is -2.59. The minimum Gasteiger partial charge on any atom is -0.383 e. The number of pyridine rings is 2. The third-order valence-electron chi connectivity index (χ3n) is 8.34. The Balaban J connectivity index is 1.20. The van der Waals surface area contributed by atoms with Crippen molar-refractivity contribution < 1.29 is 0 Å². The molecule has 1 spiro atoms. The van der Waals surface area contributed by atoms with Crippen LogP contribution in [0.1, 0.15) is 18.4 Å². The molecule has 0 amide bonds. The van der Waals surface area contributed by atoms with E-state index in [1.54, 1.807) is 6.20 Å². The summed E-state index contributed by atoms with van der Waals surface area (Å²) in [6, 6.07) is 26.7. The zero-order chi connectivity index (χ0) is 27.1. The predicted octanol–water partition coefficient (Wildman–Crippen LogP) is 5.11. The zero-order valence-corrected chi connectivity index (χ0v) is 22.2. The van der Waals surface area contributed by atoms with Gasteiger partial charge in [0, 0.05) is 50.2 Å². The molecule has 8 heteroatoms. The van der Waals surface area contributed by atoms with Crippen LogP contribution in [0.4, 0.5) is 5.82 Å². The van der Waals surface area contributed by atoms with Crippen LogP contribution in [0, 0.1) is 16.9 Å². The van der Waals surface area contributed by atoms with Crippen LogP contribution in [0.15, 0.2) is 85.1 Å². The summed E-state index contributed by atoms with van der Waals surface area (Å²) in [4.78, 5) is 18.7. The predicted molar refractivity (Wildman–Crippen MR) is 156 cm³/mol. The number of nitriles is 1. The Kier molecular flexibility index (Phi) is 5.94. The van der Waals surface area contributed by atoms with Crippen LogP contribution < -0.4 is 5.73 Å². The number of nitrogens with two attached hydrogens (primary N) is 1. The lowest BCUT2D eigenvalue weighted by atomic mass is 9.72. The van der Waals surface area contributed by atoms with Gasteiger partial charge in [0.1, 0.15) is 11.3 Å². The van der Waals surface area contributed by atoms with Crippen LogP contribution in [0.25, 0.3) is 39.5 Å². The molecule has 0 radical (unpaired) electrons. The first-order valence-electron chi connectivity index (χ1n) is 13.7. The first kappa shape index (κ1) is 24.3. The molecule has 198 valence electrons. The third-order valence-corrected chi connectivity index (χ3v) is 8.34. The standard InChI is InChI=1S/C32H30N8/c33-22-38-17-14-32(15-18-38)20-39(21-32)19-23-8-10-25(11-9-23)40-30(26-7-4-16-35-29(26)34)37-28-13-12-27(36-31(28)40)24-5-2-1-3-6-24/h1-13,16H,14-15,17-21H2,(H2,34,35). The highest BCUT2D eigenvalue weighted by Gasteiger charge is 2.44. The van der Waals surface area contributed by atoms with E-state index in [2.05, 4.69) is 57.0 Å². The fourth-order valence-corrected chi connectivity index (χ4v) is 6.18. The molecule has 0 unspecified atom stereocenters. The molecule has 5 aromatic rings. The Morgan fingerprint density at radius 2 is 1.65 bits per heavy atom. The summed E-state index contributed by atoms with van der Waals surface area (Å²) in [5.41, 5.74) is 13.3. The van der Waals surface area contributed by atoms with Gasteiger partial charge in [-0.15, -0.1) is 0 Å². The molecule has 5 heterocycles. The van der Waals surface area contributed by atoms with Gasteiger partial charge in [-0.3, -0.25) is 9.47 Å². The second kappa shape index (κ2) is 9.78. The lowest BCUT2D eigenvalue weighted by Gasteiger charge is -2.53. The number of imidazole rings is 1. The number of likely N-dealkylation sites (tertiary alicyclic amines) is 2. The summed E-state index contributed by atoms with van der Waals surface area (Å²) in [6.07, 6.45) is 6.22. The summed E-state index contributed by atoms with van der Waals surface area (Å²) >= 11 is 0. The van der Waals surface area contributed by atoms with Crippen LogP contribution in [0.3, 0.4) is 0 Å². The van der Waals surface area contributed by atoms with Gasteiger partial charge in [-0.05, 0) is 60.2 Å². The summed E-state index contributed by atoms with van der Waals surface area (Å²) in [7, 11) is 0. The van der Waals surface area contributed by atoms with Crippen molar-refractivity contribution in [3.05, 3.63) is 90.6 Å². The Hall–Kier alpha value is -4.74. The Labute approximate surface area is 233 Å². The molecule has 2 aliphatic heterocycles. The van der Waals surface area contributed by atoms with Gasteiger partial charge in [0.15, 0.2) is 17.7 Å². The van der Waals surface area contributed by atoms with Gasteiger partial charge in [0.2, 0.25) is 0 Å². The first-order valence-corrected chi connectivity index (χ1v) is 13.7. The van der Waals surface area contributed by atoms with E-state index in [0.717, 1.165) is 85.1 Å². The average molecular weight is 527 g/mol. The molecule has 8 nitrogen and oxygen atoms in total. The summed E-state index contributed by atoms with van der Waals surface area (Å²) in [5, 5.41) is 9.16. The molecule has 0 aliphatic carbocycles. The molecular weight excluding hydrogens is 496 g/mol. The third kappa shape index (κ3) is 4.34. The topological polar surface area (TPSA) is 99.9 Å². The number of benzene rings is 2. The lowest BCUT2D eigenvalue weighted by molar-refractivity contribution is -0.0429. The van der Waals surface area contributed by atoms with Crippen molar-refractivity contribution in [3.63, 3.8) is 0 Å². The van der Waals surface area contributed by atoms with Crippen molar-refractivity contribution in [2.75, 3.05) is 31.9 Å². The maximum absolute atomic E-state index is 9.16. The molecule has 0 saturated carbocycles. The minimum atomic E-state index is 0.393. The van der Waals surface area contributed by atoms with Crippen molar-refractivity contribution in [2.45, 2.75) is 19.4 Å². The second-order valence-corrected chi connectivity index (χ2v) is 11.0. The number of nitrogens with zero attached hydrogens (tertiary/aromatic N) is 7. The van der Waals surface area contributed by atoms with E-state index >= 15 is 0 Å². The Bertz CT molecular complexity index is 1700. The maximum Gasteiger partial charge on any atom is 0.179 e. The highest BCUT2D eigenvalue weighted by atomic mass is 15.2. The highest BCUT2D eigenvalue weighted by molar-refractivity contribution is 5.84. The number of nitrogen functional groups attached to an aromatic ring is 1. The molecule has 2 saturated heterocycles. The molecule has 2 fully saturated rings. The van der Waals surface area contributed by atoms with Gasteiger partial charge in [0.05, 0.1) is 11.3 Å². The normalized spacial score (nSPS) is 16.6. The van der Waals surface area contributed by atoms with Crippen LogP contribution >= 0.6 is 0 Å². The fourth-order valence-electron chi connectivity index (χ4n) is 6.18. The molecule has 2 N–H and O–H groups in total. The van der Waals surface area contributed by atoms with E-state index < -0.39 is 0 Å². The number of hydrogen-bond donors (Lipinski definition) is 1. The molecule has 7 rings (SSSR count). The van der Waals surface area contributed by atoms with Crippen LogP contribution in [0.5, 0.6) is 0 Å². The van der Waals surface area contributed by atoms with Crippen molar-refractivity contribution in [3.8, 4) is 34.5 Å². The quantitative estimate of drug-likeness (QED) is 0.318. The van der Waals surface area contributed by atoms with Crippen LogP contribution in [0.2, 0.25) is 0 Å². The van der Waals surface area contributed by atoms with Crippen LogP contribution in [-0.4, -0.2) is 55.5 Å². The fraction of sp³-hybridized carbons (Fsp3) is 0.250. The molecule has 2 aromatic carbocycles. The van der Waals surface area contributed by atoms with Gasteiger partial charge in [0.25, 0.3) is 0 Å². The van der Waals surface area contributed by atoms with E-state index in [1.807, 2.05) is 47.4 Å².